The third-order valence-corrected chi connectivity index (χ3v) is 7.40. The zero-order valence-corrected chi connectivity index (χ0v) is 18.0. The third-order valence-electron chi connectivity index (χ3n) is 5.21. The van der Waals surface area contributed by atoms with Gasteiger partial charge in [0.2, 0.25) is 10.0 Å². The van der Waals surface area contributed by atoms with Gasteiger partial charge < -0.3 is 15.0 Å². The Balaban J connectivity index is 1.47. The SMILES string of the molecule is C[C@@H]1Oc2ccc(S(=O)(=O)N3CCN(C(=O)c4ccc(F)c(Cl)c4)CC3)cc2NC1=O. The van der Waals surface area contributed by atoms with Gasteiger partial charge in [0.15, 0.2) is 6.10 Å². The molecule has 31 heavy (non-hydrogen) atoms. The van der Waals surface area contributed by atoms with Crippen molar-refractivity contribution in [2.45, 2.75) is 17.9 Å². The number of nitrogens with one attached hydrogen (secondary N) is 1. The van der Waals surface area contributed by atoms with E-state index in [2.05, 4.69) is 5.32 Å². The van der Waals surface area contributed by atoms with Crippen LogP contribution in [-0.2, 0) is 14.8 Å². The third kappa shape index (κ3) is 4.10. The highest BCUT2D eigenvalue weighted by Crippen LogP contribution is 2.33. The van der Waals surface area contributed by atoms with Crippen LogP contribution < -0.4 is 10.1 Å². The molecular weight excluding hydrogens is 449 g/mol. The minimum absolute atomic E-state index is 0.0230. The van der Waals surface area contributed by atoms with Crippen molar-refractivity contribution < 1.29 is 27.1 Å². The zero-order valence-electron chi connectivity index (χ0n) is 16.5. The maximum Gasteiger partial charge on any atom is 0.265 e. The van der Waals surface area contributed by atoms with Gasteiger partial charge in [-0.3, -0.25) is 9.59 Å². The Morgan fingerprint density at radius 1 is 1.16 bits per heavy atom. The lowest BCUT2D eigenvalue weighted by atomic mass is 10.2. The summed E-state index contributed by atoms with van der Waals surface area (Å²) in [6, 6.07) is 8.03. The van der Waals surface area contributed by atoms with Crippen molar-refractivity contribution in [2.24, 2.45) is 0 Å². The van der Waals surface area contributed by atoms with E-state index in [1.807, 2.05) is 0 Å². The second-order valence-electron chi connectivity index (χ2n) is 7.23. The second kappa shape index (κ2) is 8.10. The fraction of sp³-hybridized carbons (Fsp3) is 0.300. The van der Waals surface area contributed by atoms with E-state index in [0.717, 1.165) is 6.07 Å². The van der Waals surface area contributed by atoms with Crippen LogP contribution in [0.15, 0.2) is 41.3 Å². The first-order chi connectivity index (χ1) is 14.7. The van der Waals surface area contributed by atoms with Crippen LogP contribution >= 0.6 is 11.6 Å². The number of halogens is 2. The number of hydrogen-bond acceptors (Lipinski definition) is 5. The predicted octanol–water partition coefficient (Wildman–Crippen LogP) is 2.35. The van der Waals surface area contributed by atoms with E-state index in [9.17, 15) is 22.4 Å². The van der Waals surface area contributed by atoms with E-state index in [-0.39, 0.29) is 53.5 Å². The molecule has 1 saturated heterocycles. The second-order valence-corrected chi connectivity index (χ2v) is 9.58. The van der Waals surface area contributed by atoms with Gasteiger partial charge in [-0.05, 0) is 43.3 Å². The number of benzene rings is 2. The number of hydrogen-bond donors (Lipinski definition) is 1. The quantitative estimate of drug-likeness (QED) is 0.747. The van der Waals surface area contributed by atoms with Crippen LogP contribution in [0.5, 0.6) is 5.75 Å². The molecular formula is C20H19ClFN3O5S. The Hall–Kier alpha value is -2.69. The molecule has 1 N–H and O–H groups in total. The van der Waals surface area contributed by atoms with Crippen LogP contribution in [0.2, 0.25) is 5.02 Å². The van der Waals surface area contributed by atoms with E-state index < -0.39 is 21.9 Å². The predicted molar refractivity (Wildman–Crippen MR) is 111 cm³/mol. The van der Waals surface area contributed by atoms with Crippen molar-refractivity contribution in [3.63, 3.8) is 0 Å². The molecule has 0 radical (unpaired) electrons. The number of nitrogens with zero attached hydrogens (tertiary/aromatic N) is 2. The van der Waals surface area contributed by atoms with Gasteiger partial charge in [-0.2, -0.15) is 4.31 Å². The minimum Gasteiger partial charge on any atom is -0.479 e. The van der Waals surface area contributed by atoms with Crippen molar-refractivity contribution in [3.8, 4) is 5.75 Å². The lowest BCUT2D eigenvalue weighted by molar-refractivity contribution is -0.122. The summed E-state index contributed by atoms with van der Waals surface area (Å²) >= 11 is 5.75. The van der Waals surface area contributed by atoms with Crippen molar-refractivity contribution in [2.75, 3.05) is 31.5 Å². The van der Waals surface area contributed by atoms with Gasteiger partial charge in [0.05, 0.1) is 15.6 Å². The molecule has 2 aromatic rings. The highest BCUT2D eigenvalue weighted by molar-refractivity contribution is 7.89. The van der Waals surface area contributed by atoms with E-state index in [1.165, 1.54) is 39.5 Å². The number of piperazine rings is 1. The maximum absolute atomic E-state index is 13.3. The number of carbonyl (C=O) groups excluding carboxylic acids is 2. The first-order valence-electron chi connectivity index (χ1n) is 9.53. The Morgan fingerprint density at radius 2 is 1.87 bits per heavy atom. The summed E-state index contributed by atoms with van der Waals surface area (Å²) in [5, 5.41) is 2.49. The Bertz CT molecular complexity index is 1170. The number of ether oxygens (including phenoxy) is 1. The van der Waals surface area contributed by atoms with Gasteiger partial charge in [0.25, 0.3) is 11.8 Å². The van der Waals surface area contributed by atoms with Crippen LogP contribution in [0.1, 0.15) is 17.3 Å². The molecule has 1 fully saturated rings. The van der Waals surface area contributed by atoms with Crippen LogP contribution in [0, 0.1) is 5.82 Å². The van der Waals surface area contributed by atoms with E-state index in [0.29, 0.717) is 11.4 Å². The van der Waals surface area contributed by atoms with Gasteiger partial charge in [0, 0.05) is 31.7 Å². The van der Waals surface area contributed by atoms with Gasteiger partial charge >= 0.3 is 0 Å². The first kappa shape index (κ1) is 21.5. The number of fused-ring (bicyclic) bond motifs is 1. The van der Waals surface area contributed by atoms with E-state index >= 15 is 0 Å². The van der Waals surface area contributed by atoms with Crippen LogP contribution in [0.3, 0.4) is 0 Å². The Kier molecular flexibility index (Phi) is 5.63. The zero-order chi connectivity index (χ0) is 22.3. The molecule has 0 unspecified atom stereocenters. The Morgan fingerprint density at radius 3 is 2.55 bits per heavy atom. The summed E-state index contributed by atoms with van der Waals surface area (Å²) in [4.78, 5) is 26.0. The number of sulfonamides is 1. The van der Waals surface area contributed by atoms with Crippen LogP contribution in [0.4, 0.5) is 10.1 Å². The molecule has 0 spiro atoms. The van der Waals surface area contributed by atoms with E-state index in [4.69, 9.17) is 16.3 Å². The fourth-order valence-electron chi connectivity index (χ4n) is 3.44. The summed E-state index contributed by atoms with van der Waals surface area (Å²) < 4.78 is 46.2. The average Bonchev–Trinajstić information content (AvgIpc) is 2.75. The lowest BCUT2D eigenvalue weighted by Gasteiger charge is -2.34. The van der Waals surface area contributed by atoms with Gasteiger partial charge in [-0.15, -0.1) is 0 Å². The molecule has 2 aromatic carbocycles. The topological polar surface area (TPSA) is 96.0 Å². The smallest absolute Gasteiger partial charge is 0.265 e. The average molecular weight is 468 g/mol. The normalized spacial score (nSPS) is 19.4. The number of rotatable bonds is 3. The minimum atomic E-state index is -3.83. The van der Waals surface area contributed by atoms with Crippen molar-refractivity contribution >= 4 is 39.1 Å². The fourth-order valence-corrected chi connectivity index (χ4v) is 5.07. The highest BCUT2D eigenvalue weighted by atomic mass is 35.5. The highest BCUT2D eigenvalue weighted by Gasteiger charge is 2.32. The molecule has 2 amide bonds. The van der Waals surface area contributed by atoms with Gasteiger partial charge in [-0.1, -0.05) is 11.6 Å². The largest absolute Gasteiger partial charge is 0.479 e. The van der Waals surface area contributed by atoms with Crippen molar-refractivity contribution in [1.82, 2.24) is 9.21 Å². The number of amides is 2. The molecule has 0 bridgehead atoms. The molecule has 11 heteroatoms. The molecule has 2 heterocycles. The summed E-state index contributed by atoms with van der Waals surface area (Å²) in [6.45, 7) is 2.15. The monoisotopic (exact) mass is 467 g/mol. The number of anilines is 1. The van der Waals surface area contributed by atoms with Crippen LogP contribution in [0.25, 0.3) is 0 Å². The summed E-state index contributed by atoms with van der Waals surface area (Å²) in [5.74, 6) is -0.911. The molecule has 2 aliphatic rings. The summed E-state index contributed by atoms with van der Waals surface area (Å²) in [7, 11) is -3.83. The van der Waals surface area contributed by atoms with Gasteiger partial charge in [0.1, 0.15) is 11.6 Å². The molecule has 1 atom stereocenters. The molecule has 0 saturated carbocycles. The number of carbonyl (C=O) groups is 2. The Labute approximate surface area is 183 Å². The molecule has 4 rings (SSSR count). The maximum atomic E-state index is 13.3. The van der Waals surface area contributed by atoms with Crippen molar-refractivity contribution in [1.29, 1.82) is 0 Å². The van der Waals surface area contributed by atoms with Gasteiger partial charge in [-0.25, -0.2) is 12.8 Å². The van der Waals surface area contributed by atoms with Crippen LogP contribution in [-0.4, -0.2) is 61.7 Å². The molecule has 0 aliphatic carbocycles. The molecule has 164 valence electrons. The molecule has 0 aromatic heterocycles. The van der Waals surface area contributed by atoms with E-state index in [1.54, 1.807) is 6.92 Å². The summed E-state index contributed by atoms with van der Waals surface area (Å²) in [6.07, 6.45) is -0.656. The molecule has 2 aliphatic heterocycles. The standard InChI is InChI=1S/C20H19ClFN3O5S/c1-12-19(26)23-17-11-14(3-5-18(17)30-12)31(28,29)25-8-6-24(7-9-25)20(27)13-2-4-16(22)15(21)10-13/h2-5,10-12H,6-9H2,1H3,(H,23,26)/t12-/m0/s1. The molecule has 8 nitrogen and oxygen atoms in total. The lowest BCUT2D eigenvalue weighted by Crippen LogP contribution is -2.50. The van der Waals surface area contributed by atoms with Crippen molar-refractivity contribution in [3.05, 3.63) is 52.8 Å². The summed E-state index contributed by atoms with van der Waals surface area (Å²) in [5.41, 5.74) is 0.536. The first-order valence-corrected chi connectivity index (χ1v) is 11.3.